The van der Waals surface area contributed by atoms with Crippen molar-refractivity contribution in [3.63, 3.8) is 0 Å². The first kappa shape index (κ1) is 15.8. The van der Waals surface area contributed by atoms with Crippen LogP contribution in [0.5, 0.6) is 0 Å². The third-order valence-corrected chi connectivity index (χ3v) is 3.70. The van der Waals surface area contributed by atoms with Gasteiger partial charge in [-0.2, -0.15) is 15.0 Å². The highest BCUT2D eigenvalue weighted by Gasteiger charge is 2.17. The van der Waals surface area contributed by atoms with E-state index in [0.717, 1.165) is 45.3 Å². The SMILES string of the molecule is CCCCN(CCO)c1nc(N)nc(N2CCCCC2)n1. The fraction of sp³-hybridized carbons (Fsp3) is 0.786. The van der Waals surface area contributed by atoms with Gasteiger partial charge in [-0.25, -0.2) is 0 Å². The fourth-order valence-corrected chi connectivity index (χ4v) is 2.53. The third kappa shape index (κ3) is 4.42. The molecule has 7 heteroatoms. The molecule has 2 heterocycles. The molecule has 1 aliphatic heterocycles. The van der Waals surface area contributed by atoms with Crippen LogP contribution in [0.15, 0.2) is 0 Å². The van der Waals surface area contributed by atoms with Gasteiger partial charge < -0.3 is 20.6 Å². The molecule has 0 aliphatic carbocycles. The van der Waals surface area contributed by atoms with Crippen LogP contribution < -0.4 is 15.5 Å². The smallest absolute Gasteiger partial charge is 0.232 e. The molecule has 0 atom stereocenters. The molecule has 0 unspecified atom stereocenters. The van der Waals surface area contributed by atoms with Crippen LogP contribution in [0.4, 0.5) is 17.8 Å². The van der Waals surface area contributed by atoms with Crippen molar-refractivity contribution in [2.45, 2.75) is 39.0 Å². The number of nitrogens with two attached hydrogens (primary N) is 1. The zero-order chi connectivity index (χ0) is 15.1. The van der Waals surface area contributed by atoms with E-state index >= 15 is 0 Å². The van der Waals surface area contributed by atoms with Gasteiger partial charge in [0.1, 0.15) is 0 Å². The normalized spacial score (nSPS) is 15.2. The predicted molar refractivity (Wildman–Crippen MR) is 84.5 cm³/mol. The number of aliphatic hydroxyl groups excluding tert-OH is 1. The van der Waals surface area contributed by atoms with Crippen LogP contribution in [0.2, 0.25) is 0 Å². The molecule has 0 radical (unpaired) electrons. The minimum atomic E-state index is 0.0777. The highest BCUT2D eigenvalue weighted by molar-refractivity contribution is 5.43. The predicted octanol–water partition coefficient (Wildman–Crippen LogP) is 1.04. The van der Waals surface area contributed by atoms with Gasteiger partial charge >= 0.3 is 0 Å². The van der Waals surface area contributed by atoms with Gasteiger partial charge in [-0.1, -0.05) is 13.3 Å². The number of aliphatic hydroxyl groups is 1. The Balaban J connectivity index is 2.18. The molecule has 3 N–H and O–H groups in total. The van der Waals surface area contributed by atoms with Crippen LogP contribution in [-0.4, -0.2) is 52.8 Å². The second-order valence-corrected chi connectivity index (χ2v) is 5.41. The summed E-state index contributed by atoms with van der Waals surface area (Å²) in [5, 5.41) is 9.23. The third-order valence-electron chi connectivity index (χ3n) is 3.70. The van der Waals surface area contributed by atoms with Gasteiger partial charge in [-0.15, -0.1) is 0 Å². The first-order valence-electron chi connectivity index (χ1n) is 7.87. The van der Waals surface area contributed by atoms with Crippen molar-refractivity contribution in [1.29, 1.82) is 0 Å². The van der Waals surface area contributed by atoms with Crippen LogP contribution in [0, 0.1) is 0 Å². The Morgan fingerprint density at radius 2 is 1.90 bits per heavy atom. The molecule has 118 valence electrons. The Bertz CT molecular complexity index is 435. The minimum absolute atomic E-state index is 0.0777. The van der Waals surface area contributed by atoms with Crippen molar-refractivity contribution in [2.24, 2.45) is 0 Å². The van der Waals surface area contributed by atoms with E-state index in [1.807, 2.05) is 4.90 Å². The molecule has 0 spiro atoms. The van der Waals surface area contributed by atoms with E-state index in [1.165, 1.54) is 6.42 Å². The van der Waals surface area contributed by atoms with E-state index in [9.17, 15) is 5.11 Å². The lowest BCUT2D eigenvalue weighted by molar-refractivity contribution is 0.301. The Hall–Kier alpha value is -1.63. The Kier molecular flexibility index (Phi) is 5.98. The largest absolute Gasteiger partial charge is 0.395 e. The first-order valence-corrected chi connectivity index (χ1v) is 7.87. The van der Waals surface area contributed by atoms with Gasteiger partial charge in [0.05, 0.1) is 6.61 Å². The molecule has 1 aromatic heterocycles. The van der Waals surface area contributed by atoms with E-state index in [1.54, 1.807) is 0 Å². The molecule has 1 aliphatic rings. The number of nitrogens with zero attached hydrogens (tertiary/aromatic N) is 5. The van der Waals surface area contributed by atoms with Crippen LogP contribution >= 0.6 is 0 Å². The first-order chi connectivity index (χ1) is 10.2. The number of piperidine rings is 1. The maximum Gasteiger partial charge on any atom is 0.232 e. The van der Waals surface area contributed by atoms with E-state index in [4.69, 9.17) is 5.73 Å². The van der Waals surface area contributed by atoms with E-state index in [0.29, 0.717) is 18.4 Å². The second kappa shape index (κ2) is 7.97. The molecular weight excluding hydrogens is 268 g/mol. The van der Waals surface area contributed by atoms with Crippen molar-refractivity contribution in [3.05, 3.63) is 0 Å². The van der Waals surface area contributed by atoms with Gasteiger partial charge in [0.15, 0.2) is 0 Å². The van der Waals surface area contributed by atoms with Crippen LogP contribution in [0.25, 0.3) is 0 Å². The summed E-state index contributed by atoms with van der Waals surface area (Å²) in [6, 6.07) is 0. The van der Waals surface area contributed by atoms with E-state index in [-0.39, 0.29) is 12.6 Å². The summed E-state index contributed by atoms with van der Waals surface area (Å²) < 4.78 is 0. The lowest BCUT2D eigenvalue weighted by Crippen LogP contribution is -2.34. The average Bonchev–Trinajstić information content (AvgIpc) is 2.51. The summed E-state index contributed by atoms with van der Waals surface area (Å²) in [6.07, 6.45) is 5.71. The van der Waals surface area contributed by atoms with Crippen molar-refractivity contribution < 1.29 is 5.11 Å². The van der Waals surface area contributed by atoms with E-state index in [2.05, 4.69) is 26.8 Å². The molecule has 0 bridgehead atoms. The highest BCUT2D eigenvalue weighted by atomic mass is 16.3. The number of aromatic nitrogens is 3. The molecule has 0 aromatic carbocycles. The van der Waals surface area contributed by atoms with Gasteiger partial charge in [-0.05, 0) is 25.7 Å². The molecule has 0 saturated carbocycles. The molecule has 1 fully saturated rings. The van der Waals surface area contributed by atoms with E-state index < -0.39 is 0 Å². The zero-order valence-corrected chi connectivity index (χ0v) is 12.8. The Morgan fingerprint density at radius 1 is 1.14 bits per heavy atom. The van der Waals surface area contributed by atoms with Crippen molar-refractivity contribution >= 4 is 17.8 Å². The monoisotopic (exact) mass is 294 g/mol. The summed E-state index contributed by atoms with van der Waals surface area (Å²) in [4.78, 5) is 17.2. The molecule has 21 heavy (non-hydrogen) atoms. The molecule has 7 nitrogen and oxygen atoms in total. The quantitative estimate of drug-likeness (QED) is 0.776. The van der Waals surface area contributed by atoms with Crippen molar-refractivity contribution in [3.8, 4) is 0 Å². The van der Waals surface area contributed by atoms with Crippen molar-refractivity contribution in [1.82, 2.24) is 15.0 Å². The topological polar surface area (TPSA) is 91.4 Å². The summed E-state index contributed by atoms with van der Waals surface area (Å²) in [6.45, 7) is 5.49. The van der Waals surface area contributed by atoms with Gasteiger partial charge in [0.2, 0.25) is 17.8 Å². The summed E-state index contributed by atoms with van der Waals surface area (Å²) >= 11 is 0. The van der Waals surface area contributed by atoms with Gasteiger partial charge in [0, 0.05) is 26.2 Å². The maximum absolute atomic E-state index is 9.23. The number of hydrogen-bond acceptors (Lipinski definition) is 7. The lowest BCUT2D eigenvalue weighted by Gasteiger charge is -2.28. The molecule has 0 amide bonds. The number of unbranched alkanes of at least 4 members (excludes halogenated alkanes) is 1. The number of rotatable bonds is 7. The standard InChI is InChI=1S/C14H26N6O/c1-2-3-7-20(10-11-21)14-17-12(15)16-13(18-14)19-8-5-4-6-9-19/h21H,2-11H2,1H3,(H2,15,16,17,18). The minimum Gasteiger partial charge on any atom is -0.395 e. The number of hydrogen-bond donors (Lipinski definition) is 2. The summed E-state index contributed by atoms with van der Waals surface area (Å²) in [5.41, 5.74) is 5.85. The van der Waals surface area contributed by atoms with Crippen LogP contribution in [0.3, 0.4) is 0 Å². The Labute approximate surface area is 126 Å². The zero-order valence-electron chi connectivity index (χ0n) is 12.8. The summed E-state index contributed by atoms with van der Waals surface area (Å²) in [5.74, 6) is 1.49. The molecule has 2 rings (SSSR count). The van der Waals surface area contributed by atoms with Crippen LogP contribution in [-0.2, 0) is 0 Å². The number of anilines is 3. The van der Waals surface area contributed by atoms with Crippen LogP contribution in [0.1, 0.15) is 39.0 Å². The van der Waals surface area contributed by atoms with Gasteiger partial charge in [0.25, 0.3) is 0 Å². The molecule has 1 aromatic rings. The van der Waals surface area contributed by atoms with Crippen molar-refractivity contribution in [2.75, 3.05) is 48.3 Å². The highest BCUT2D eigenvalue weighted by Crippen LogP contribution is 2.19. The average molecular weight is 294 g/mol. The Morgan fingerprint density at radius 3 is 2.57 bits per heavy atom. The number of nitrogen functional groups attached to an aromatic ring is 1. The fourth-order valence-electron chi connectivity index (χ4n) is 2.53. The maximum atomic E-state index is 9.23. The molecular formula is C14H26N6O. The second-order valence-electron chi connectivity index (χ2n) is 5.41. The molecule has 1 saturated heterocycles. The lowest BCUT2D eigenvalue weighted by atomic mass is 10.1. The van der Waals surface area contributed by atoms with Gasteiger partial charge in [-0.3, -0.25) is 0 Å². The summed E-state index contributed by atoms with van der Waals surface area (Å²) in [7, 11) is 0.